The Bertz CT molecular complexity index is 713. The molecular weight excluding hydrogens is 324 g/mol. The minimum Gasteiger partial charge on any atom is -0.391 e. The maximum absolute atomic E-state index is 10.3. The fourth-order valence-corrected chi connectivity index (χ4v) is 3.59. The number of aliphatic hydroxyl groups is 1. The first-order chi connectivity index (χ1) is 12.5. The van der Waals surface area contributed by atoms with Crippen molar-refractivity contribution < 1.29 is 5.11 Å². The first-order valence-corrected chi connectivity index (χ1v) is 9.16. The van der Waals surface area contributed by atoms with Crippen molar-refractivity contribution in [3.05, 3.63) is 52.7 Å². The van der Waals surface area contributed by atoms with E-state index in [1.807, 2.05) is 45.4 Å². The Balaban J connectivity index is 2.35. The first-order valence-electron chi connectivity index (χ1n) is 9.16. The van der Waals surface area contributed by atoms with Crippen molar-refractivity contribution in [2.45, 2.75) is 38.0 Å². The molecule has 0 bridgehead atoms. The number of nitriles is 1. The molecule has 140 valence electrons. The Labute approximate surface area is 156 Å². The third-order valence-corrected chi connectivity index (χ3v) is 5.29. The molecule has 0 saturated heterocycles. The van der Waals surface area contributed by atoms with Crippen LogP contribution in [0.4, 0.5) is 0 Å². The van der Waals surface area contributed by atoms with Gasteiger partial charge in [0.1, 0.15) is 0 Å². The van der Waals surface area contributed by atoms with E-state index in [1.54, 1.807) is 6.92 Å². The van der Waals surface area contributed by atoms with Crippen LogP contribution in [0.5, 0.6) is 0 Å². The molecule has 5 heteroatoms. The molecule has 1 aromatic rings. The minimum atomic E-state index is -0.774. The molecule has 5 nitrogen and oxygen atoms in total. The van der Waals surface area contributed by atoms with Gasteiger partial charge in [-0.15, -0.1) is 0 Å². The van der Waals surface area contributed by atoms with Gasteiger partial charge in [0.15, 0.2) is 0 Å². The van der Waals surface area contributed by atoms with Crippen LogP contribution in [0.1, 0.15) is 43.4 Å². The Morgan fingerprint density at radius 1 is 1.23 bits per heavy atom. The van der Waals surface area contributed by atoms with E-state index >= 15 is 0 Å². The highest BCUT2D eigenvalue weighted by molar-refractivity contribution is 5.56. The van der Waals surface area contributed by atoms with Crippen LogP contribution in [0.15, 0.2) is 41.6 Å². The van der Waals surface area contributed by atoms with Crippen LogP contribution in [0.3, 0.4) is 0 Å². The molecule has 26 heavy (non-hydrogen) atoms. The van der Waals surface area contributed by atoms with Crippen LogP contribution in [-0.4, -0.2) is 31.9 Å². The molecule has 4 N–H and O–H groups in total. The molecule has 2 rings (SSSR count). The van der Waals surface area contributed by atoms with Gasteiger partial charge in [0.25, 0.3) is 0 Å². The van der Waals surface area contributed by atoms with Gasteiger partial charge in [0.2, 0.25) is 0 Å². The molecule has 0 saturated carbocycles. The number of nitrogens with one attached hydrogen (secondary N) is 3. The molecule has 1 aromatic carbocycles. The summed E-state index contributed by atoms with van der Waals surface area (Å²) in [4.78, 5) is 0. The number of rotatable bonds is 7. The Hall–Kier alpha value is -2.13. The van der Waals surface area contributed by atoms with Crippen molar-refractivity contribution in [3.8, 4) is 6.07 Å². The molecule has 1 aliphatic carbocycles. The van der Waals surface area contributed by atoms with Crippen molar-refractivity contribution in [3.63, 3.8) is 0 Å². The summed E-state index contributed by atoms with van der Waals surface area (Å²) < 4.78 is 0. The lowest BCUT2D eigenvalue weighted by Gasteiger charge is -2.39. The number of benzene rings is 1. The number of aliphatic hydroxyl groups excluding tert-OH is 1. The maximum Gasteiger partial charge on any atom is 0.0961 e. The van der Waals surface area contributed by atoms with Gasteiger partial charge < -0.3 is 10.4 Å². The third kappa shape index (κ3) is 4.16. The standard InChI is InChI=1S/C21H30N4O/c1-15(14-22)20(26)17-8-5-7-16(13-17)10-11-18-19(23-2)9-6-12-21(18,24-3)25-4/h5,7-8,10-11,13,15,20,23-26H,6,9,12H2,1-4H3/b11-10+. The van der Waals surface area contributed by atoms with E-state index in [1.165, 1.54) is 11.3 Å². The van der Waals surface area contributed by atoms with E-state index in [0.29, 0.717) is 0 Å². The monoisotopic (exact) mass is 354 g/mol. The van der Waals surface area contributed by atoms with Gasteiger partial charge in [0, 0.05) is 18.3 Å². The fraction of sp³-hybridized carbons (Fsp3) is 0.476. The number of likely N-dealkylation sites (N-methyl/N-ethyl adjacent to an activating group) is 2. The molecule has 0 radical (unpaired) electrons. The van der Waals surface area contributed by atoms with Gasteiger partial charge in [-0.2, -0.15) is 5.26 Å². The Morgan fingerprint density at radius 3 is 2.58 bits per heavy atom. The lowest BCUT2D eigenvalue weighted by atomic mass is 9.84. The zero-order valence-corrected chi connectivity index (χ0v) is 16.1. The molecule has 0 aromatic heterocycles. The van der Waals surface area contributed by atoms with Crippen molar-refractivity contribution in [1.29, 1.82) is 5.26 Å². The van der Waals surface area contributed by atoms with Crippen molar-refractivity contribution in [2.75, 3.05) is 21.1 Å². The third-order valence-electron chi connectivity index (χ3n) is 5.29. The summed E-state index contributed by atoms with van der Waals surface area (Å²) in [5, 5.41) is 29.5. The van der Waals surface area contributed by atoms with Crippen LogP contribution in [-0.2, 0) is 0 Å². The summed E-state index contributed by atoms with van der Waals surface area (Å²) in [6.45, 7) is 1.73. The SMILES string of the molecule is CNC1=C(/C=C/c2cccc(C(O)C(C)C#N)c2)C(NC)(NC)CCC1. The largest absolute Gasteiger partial charge is 0.391 e. The number of hydrogen-bond donors (Lipinski definition) is 4. The van der Waals surface area contributed by atoms with Crippen LogP contribution in [0.25, 0.3) is 6.08 Å². The average Bonchev–Trinajstić information content (AvgIpc) is 2.70. The van der Waals surface area contributed by atoms with Crippen LogP contribution in [0, 0.1) is 17.2 Å². The molecule has 0 spiro atoms. The number of nitrogens with zero attached hydrogens (tertiary/aromatic N) is 1. The molecule has 1 aliphatic rings. The van der Waals surface area contributed by atoms with E-state index in [2.05, 4.69) is 34.2 Å². The van der Waals surface area contributed by atoms with Gasteiger partial charge >= 0.3 is 0 Å². The second-order valence-corrected chi connectivity index (χ2v) is 6.77. The predicted molar refractivity (Wildman–Crippen MR) is 106 cm³/mol. The van der Waals surface area contributed by atoms with Gasteiger partial charge in [-0.1, -0.05) is 30.4 Å². The van der Waals surface area contributed by atoms with Crippen LogP contribution >= 0.6 is 0 Å². The Kier molecular flexibility index (Phi) is 6.98. The summed E-state index contributed by atoms with van der Waals surface area (Å²) in [6.07, 6.45) is 6.58. The fourth-order valence-electron chi connectivity index (χ4n) is 3.59. The van der Waals surface area contributed by atoms with Crippen LogP contribution in [0.2, 0.25) is 0 Å². The maximum atomic E-state index is 10.3. The van der Waals surface area contributed by atoms with E-state index < -0.39 is 12.0 Å². The summed E-state index contributed by atoms with van der Waals surface area (Å²) in [5.74, 6) is -0.438. The van der Waals surface area contributed by atoms with Gasteiger partial charge in [-0.05, 0) is 57.5 Å². The minimum absolute atomic E-state index is 0.250. The lowest BCUT2D eigenvalue weighted by molar-refractivity contribution is 0.143. The van der Waals surface area contributed by atoms with Gasteiger partial charge in [-0.3, -0.25) is 10.6 Å². The summed E-state index contributed by atoms with van der Waals surface area (Å²) in [5.41, 5.74) is 3.94. The first kappa shape index (κ1) is 20.2. The lowest BCUT2D eigenvalue weighted by Crippen LogP contribution is -2.57. The zero-order chi connectivity index (χ0) is 19.2. The van der Waals surface area contributed by atoms with Crippen molar-refractivity contribution in [2.24, 2.45) is 5.92 Å². The van der Waals surface area contributed by atoms with E-state index in [9.17, 15) is 5.11 Å². The van der Waals surface area contributed by atoms with Crippen molar-refractivity contribution in [1.82, 2.24) is 16.0 Å². The molecular formula is C21H30N4O. The molecule has 2 atom stereocenters. The summed E-state index contributed by atoms with van der Waals surface area (Å²) in [7, 11) is 5.91. The van der Waals surface area contributed by atoms with Crippen molar-refractivity contribution >= 4 is 6.08 Å². The second-order valence-electron chi connectivity index (χ2n) is 6.77. The smallest absolute Gasteiger partial charge is 0.0961 e. The molecule has 0 fully saturated rings. The predicted octanol–water partition coefficient (Wildman–Crippen LogP) is 2.69. The van der Waals surface area contributed by atoms with E-state index in [0.717, 1.165) is 30.4 Å². The number of allylic oxidation sites excluding steroid dienone is 1. The highest BCUT2D eigenvalue weighted by Gasteiger charge is 2.34. The number of hydrogen-bond acceptors (Lipinski definition) is 5. The molecule has 0 heterocycles. The van der Waals surface area contributed by atoms with Gasteiger partial charge in [-0.25, -0.2) is 0 Å². The van der Waals surface area contributed by atoms with Gasteiger partial charge in [0.05, 0.1) is 23.8 Å². The highest BCUT2D eigenvalue weighted by Crippen LogP contribution is 2.32. The zero-order valence-electron chi connectivity index (χ0n) is 16.1. The van der Waals surface area contributed by atoms with Crippen LogP contribution < -0.4 is 16.0 Å². The summed E-state index contributed by atoms with van der Waals surface area (Å²) in [6, 6.07) is 9.83. The van der Waals surface area contributed by atoms with E-state index in [4.69, 9.17) is 5.26 Å². The topological polar surface area (TPSA) is 80.1 Å². The molecule has 2 unspecified atom stereocenters. The Morgan fingerprint density at radius 2 is 1.96 bits per heavy atom. The van der Waals surface area contributed by atoms with E-state index in [-0.39, 0.29) is 5.66 Å². The molecule has 0 aliphatic heterocycles. The average molecular weight is 354 g/mol. The summed E-state index contributed by atoms with van der Waals surface area (Å²) >= 11 is 0. The molecule has 0 amide bonds. The second kappa shape index (κ2) is 9.00. The quantitative estimate of drug-likeness (QED) is 0.566. The normalized spacial score (nSPS) is 19.2. The highest BCUT2D eigenvalue weighted by atomic mass is 16.3.